The molecule has 2 aromatic carbocycles. The van der Waals surface area contributed by atoms with E-state index in [1.165, 1.54) is 0 Å². The highest BCUT2D eigenvalue weighted by Gasteiger charge is 2.10. The number of rotatable bonds is 6. The van der Waals surface area contributed by atoms with Crippen LogP contribution in [0.4, 0.5) is 0 Å². The van der Waals surface area contributed by atoms with E-state index in [2.05, 4.69) is 5.10 Å². The fourth-order valence-corrected chi connectivity index (χ4v) is 2.26. The van der Waals surface area contributed by atoms with Gasteiger partial charge in [0.1, 0.15) is 24.2 Å². The van der Waals surface area contributed by atoms with Crippen LogP contribution < -0.4 is 9.47 Å². The van der Waals surface area contributed by atoms with E-state index < -0.39 is 6.10 Å². The normalized spacial score (nSPS) is 11.9. The van der Waals surface area contributed by atoms with Gasteiger partial charge in [-0.1, -0.05) is 18.2 Å². The molecule has 23 heavy (non-hydrogen) atoms. The van der Waals surface area contributed by atoms with Crippen molar-refractivity contribution >= 4 is 0 Å². The average molecular weight is 310 g/mol. The molecular formula is C18H18N2O3. The lowest BCUT2D eigenvalue weighted by Crippen LogP contribution is -2.10. The second-order valence-electron chi connectivity index (χ2n) is 5.05. The van der Waals surface area contributed by atoms with Crippen molar-refractivity contribution in [1.29, 1.82) is 0 Å². The summed E-state index contributed by atoms with van der Waals surface area (Å²) in [5.74, 6) is 1.39. The van der Waals surface area contributed by atoms with E-state index in [0.717, 1.165) is 11.3 Å². The minimum absolute atomic E-state index is 0.162. The molecule has 0 unspecified atom stereocenters. The van der Waals surface area contributed by atoms with Gasteiger partial charge in [0.25, 0.3) is 0 Å². The van der Waals surface area contributed by atoms with Crippen LogP contribution in [-0.2, 0) is 0 Å². The predicted molar refractivity (Wildman–Crippen MR) is 87.0 cm³/mol. The Morgan fingerprint density at radius 3 is 2.70 bits per heavy atom. The highest BCUT2D eigenvalue weighted by atomic mass is 16.5. The van der Waals surface area contributed by atoms with Gasteiger partial charge in [0.15, 0.2) is 0 Å². The van der Waals surface area contributed by atoms with Gasteiger partial charge in [-0.3, -0.25) is 0 Å². The summed E-state index contributed by atoms with van der Waals surface area (Å²) in [6.45, 7) is 0.162. The fraction of sp³-hybridized carbons (Fsp3) is 0.167. The van der Waals surface area contributed by atoms with Crippen LogP contribution in [0.2, 0.25) is 0 Å². The summed E-state index contributed by atoms with van der Waals surface area (Å²) < 4.78 is 12.6. The number of aliphatic hydroxyl groups excluding tert-OH is 1. The van der Waals surface area contributed by atoms with E-state index >= 15 is 0 Å². The van der Waals surface area contributed by atoms with Crippen molar-refractivity contribution in [2.24, 2.45) is 0 Å². The maximum atomic E-state index is 10.3. The van der Waals surface area contributed by atoms with Gasteiger partial charge >= 0.3 is 0 Å². The standard InChI is InChI=1S/C18H18N2O3/c1-22-16-7-2-5-14(11-16)18(21)13-23-17-8-3-6-15(12-17)20-10-4-9-19-20/h2-12,18,21H,13H2,1H3/t18-/m0/s1. The van der Waals surface area contributed by atoms with Crippen molar-refractivity contribution in [3.05, 3.63) is 72.6 Å². The highest BCUT2D eigenvalue weighted by Crippen LogP contribution is 2.21. The summed E-state index contributed by atoms with van der Waals surface area (Å²) in [5, 5.41) is 14.4. The molecule has 0 fully saturated rings. The third kappa shape index (κ3) is 3.70. The first-order valence-electron chi connectivity index (χ1n) is 7.31. The number of nitrogens with zero attached hydrogens (tertiary/aromatic N) is 2. The van der Waals surface area contributed by atoms with Crippen LogP contribution in [0.3, 0.4) is 0 Å². The van der Waals surface area contributed by atoms with Crippen molar-refractivity contribution in [1.82, 2.24) is 9.78 Å². The number of aliphatic hydroxyl groups is 1. The number of hydrogen-bond acceptors (Lipinski definition) is 4. The smallest absolute Gasteiger partial charge is 0.121 e. The molecule has 1 N–H and O–H groups in total. The van der Waals surface area contributed by atoms with Crippen molar-refractivity contribution in [3.63, 3.8) is 0 Å². The van der Waals surface area contributed by atoms with Crippen LogP contribution >= 0.6 is 0 Å². The summed E-state index contributed by atoms with van der Waals surface area (Å²) in [5.41, 5.74) is 1.66. The lowest BCUT2D eigenvalue weighted by atomic mass is 10.1. The third-order valence-corrected chi connectivity index (χ3v) is 3.47. The molecule has 0 aliphatic heterocycles. The van der Waals surface area contributed by atoms with Crippen molar-refractivity contribution in [3.8, 4) is 17.2 Å². The van der Waals surface area contributed by atoms with Crippen LogP contribution in [-0.4, -0.2) is 28.6 Å². The molecule has 118 valence electrons. The van der Waals surface area contributed by atoms with E-state index in [1.807, 2.05) is 54.7 Å². The van der Waals surface area contributed by atoms with Crippen LogP contribution in [0.5, 0.6) is 11.5 Å². The van der Waals surface area contributed by atoms with E-state index in [-0.39, 0.29) is 6.61 Å². The zero-order valence-electron chi connectivity index (χ0n) is 12.8. The van der Waals surface area contributed by atoms with Crippen molar-refractivity contribution in [2.75, 3.05) is 13.7 Å². The van der Waals surface area contributed by atoms with Gasteiger partial charge in [-0.05, 0) is 35.9 Å². The highest BCUT2D eigenvalue weighted by molar-refractivity contribution is 5.38. The first kappa shape index (κ1) is 15.1. The average Bonchev–Trinajstić information content (AvgIpc) is 3.14. The Morgan fingerprint density at radius 2 is 1.91 bits per heavy atom. The van der Waals surface area contributed by atoms with Crippen molar-refractivity contribution < 1.29 is 14.6 Å². The summed E-state index contributed by atoms with van der Waals surface area (Å²) in [6, 6.07) is 16.8. The third-order valence-electron chi connectivity index (χ3n) is 3.47. The molecule has 0 spiro atoms. The van der Waals surface area contributed by atoms with Gasteiger partial charge in [0, 0.05) is 18.5 Å². The Kier molecular flexibility index (Phi) is 4.59. The predicted octanol–water partition coefficient (Wildman–Crippen LogP) is 2.99. The molecule has 5 heteroatoms. The topological polar surface area (TPSA) is 56.5 Å². The molecule has 1 aromatic heterocycles. The van der Waals surface area contributed by atoms with Crippen LogP contribution in [0, 0.1) is 0 Å². The van der Waals surface area contributed by atoms with Crippen molar-refractivity contribution in [2.45, 2.75) is 6.10 Å². The van der Waals surface area contributed by atoms with Gasteiger partial charge in [0.2, 0.25) is 0 Å². The fourth-order valence-electron chi connectivity index (χ4n) is 2.26. The minimum atomic E-state index is -0.724. The second kappa shape index (κ2) is 6.98. The first-order valence-corrected chi connectivity index (χ1v) is 7.31. The molecule has 0 aliphatic rings. The zero-order chi connectivity index (χ0) is 16.1. The molecule has 0 saturated carbocycles. The Balaban J connectivity index is 1.67. The monoisotopic (exact) mass is 310 g/mol. The van der Waals surface area contributed by atoms with E-state index in [1.54, 1.807) is 24.1 Å². The van der Waals surface area contributed by atoms with Gasteiger partial charge < -0.3 is 14.6 Å². The molecular weight excluding hydrogens is 292 g/mol. The maximum absolute atomic E-state index is 10.3. The summed E-state index contributed by atoms with van der Waals surface area (Å²) in [7, 11) is 1.60. The Bertz CT molecular complexity index is 756. The number of hydrogen-bond donors (Lipinski definition) is 1. The Labute approximate surface area is 134 Å². The van der Waals surface area contributed by atoms with Crippen LogP contribution in [0.15, 0.2) is 67.0 Å². The van der Waals surface area contributed by atoms with E-state index in [4.69, 9.17) is 9.47 Å². The summed E-state index contributed by atoms with van der Waals surface area (Å²) in [6.07, 6.45) is 2.86. The Morgan fingerprint density at radius 1 is 1.09 bits per heavy atom. The lowest BCUT2D eigenvalue weighted by molar-refractivity contribution is 0.108. The quantitative estimate of drug-likeness (QED) is 0.760. The van der Waals surface area contributed by atoms with Gasteiger partial charge in [-0.25, -0.2) is 4.68 Å². The van der Waals surface area contributed by atoms with E-state index in [0.29, 0.717) is 11.5 Å². The molecule has 1 atom stereocenters. The SMILES string of the molecule is COc1cccc([C@@H](O)COc2cccc(-n3cccn3)c2)c1. The van der Waals surface area contributed by atoms with Gasteiger partial charge in [-0.15, -0.1) is 0 Å². The minimum Gasteiger partial charge on any atom is -0.497 e. The molecule has 5 nitrogen and oxygen atoms in total. The molecule has 3 aromatic rings. The first-order chi connectivity index (χ1) is 11.3. The summed E-state index contributed by atoms with van der Waals surface area (Å²) >= 11 is 0. The maximum Gasteiger partial charge on any atom is 0.121 e. The zero-order valence-corrected chi connectivity index (χ0v) is 12.8. The molecule has 1 heterocycles. The molecule has 0 aliphatic carbocycles. The molecule has 0 saturated heterocycles. The largest absolute Gasteiger partial charge is 0.497 e. The summed E-state index contributed by atoms with van der Waals surface area (Å²) in [4.78, 5) is 0. The number of aromatic nitrogens is 2. The molecule has 0 bridgehead atoms. The number of benzene rings is 2. The molecule has 0 radical (unpaired) electrons. The molecule has 3 rings (SSSR count). The Hall–Kier alpha value is -2.79. The lowest BCUT2D eigenvalue weighted by Gasteiger charge is -2.14. The van der Waals surface area contributed by atoms with Gasteiger partial charge in [0.05, 0.1) is 12.8 Å². The van der Waals surface area contributed by atoms with Crippen LogP contribution in [0.25, 0.3) is 5.69 Å². The van der Waals surface area contributed by atoms with E-state index in [9.17, 15) is 5.11 Å². The number of methoxy groups -OCH3 is 1. The number of ether oxygens (including phenoxy) is 2. The molecule has 0 amide bonds. The van der Waals surface area contributed by atoms with Crippen LogP contribution in [0.1, 0.15) is 11.7 Å². The second-order valence-corrected chi connectivity index (χ2v) is 5.05. The van der Waals surface area contributed by atoms with Gasteiger partial charge in [-0.2, -0.15) is 5.10 Å².